The number of aromatic hydroxyl groups is 1. The zero-order valence-corrected chi connectivity index (χ0v) is 24.1. The van der Waals surface area contributed by atoms with E-state index in [9.17, 15) is 5.11 Å². The number of methoxy groups -OCH3 is 2. The van der Waals surface area contributed by atoms with Gasteiger partial charge in [-0.25, -0.2) is 4.39 Å². The first-order chi connectivity index (χ1) is 19.4. The summed E-state index contributed by atoms with van der Waals surface area (Å²) >= 11 is 0. The van der Waals surface area contributed by atoms with Crippen LogP contribution >= 0.6 is 0 Å². The summed E-state index contributed by atoms with van der Waals surface area (Å²) < 4.78 is 32.6. The third-order valence-corrected chi connectivity index (χ3v) is 8.44. The third-order valence-electron chi connectivity index (χ3n) is 8.44. The zero-order chi connectivity index (χ0) is 28.2. The SMILES string of the molecule is CCN(Cc1ccc(OC2CCN(C)CC2)c(F)c1)c1cc(OC)c(OC)cc1C1CCc2cc(O)ccc2C1. The first-order valence-electron chi connectivity index (χ1n) is 14.3. The molecule has 3 aromatic rings. The number of ether oxygens (including phenoxy) is 3. The van der Waals surface area contributed by atoms with Crippen LogP contribution in [0.1, 0.15) is 54.4 Å². The quantitative estimate of drug-likeness (QED) is 0.338. The minimum Gasteiger partial charge on any atom is -0.508 e. The van der Waals surface area contributed by atoms with Gasteiger partial charge in [-0.1, -0.05) is 12.1 Å². The van der Waals surface area contributed by atoms with Crippen molar-refractivity contribution in [1.29, 1.82) is 0 Å². The van der Waals surface area contributed by atoms with Crippen LogP contribution in [0, 0.1) is 5.82 Å². The number of hydrogen-bond acceptors (Lipinski definition) is 6. The number of aryl methyl sites for hydroxylation is 1. The number of benzene rings is 3. The van der Waals surface area contributed by atoms with Gasteiger partial charge in [0.25, 0.3) is 0 Å². The van der Waals surface area contributed by atoms with Crippen molar-refractivity contribution in [2.24, 2.45) is 0 Å². The molecule has 0 aromatic heterocycles. The van der Waals surface area contributed by atoms with E-state index in [2.05, 4.69) is 35.9 Å². The number of hydrogen-bond donors (Lipinski definition) is 1. The minimum absolute atomic E-state index is 0.0580. The fraction of sp³-hybridized carbons (Fsp3) is 0.455. The number of nitrogens with zero attached hydrogens (tertiary/aromatic N) is 2. The van der Waals surface area contributed by atoms with E-state index in [0.29, 0.717) is 29.5 Å². The van der Waals surface area contributed by atoms with Gasteiger partial charge < -0.3 is 29.1 Å². The molecule has 6 nitrogen and oxygen atoms in total. The van der Waals surface area contributed by atoms with Crippen molar-refractivity contribution < 1.29 is 23.7 Å². The minimum atomic E-state index is -0.313. The van der Waals surface area contributed by atoms with Crippen molar-refractivity contribution in [3.63, 3.8) is 0 Å². The van der Waals surface area contributed by atoms with E-state index in [4.69, 9.17) is 14.2 Å². The summed E-state index contributed by atoms with van der Waals surface area (Å²) in [5, 5.41) is 9.94. The van der Waals surface area contributed by atoms with E-state index >= 15 is 4.39 Å². The molecule has 0 saturated carbocycles. The lowest BCUT2D eigenvalue weighted by molar-refractivity contribution is 0.110. The highest BCUT2D eigenvalue weighted by Crippen LogP contribution is 2.43. The molecule has 1 heterocycles. The second-order valence-electron chi connectivity index (χ2n) is 11.1. The van der Waals surface area contributed by atoms with Gasteiger partial charge in [-0.3, -0.25) is 0 Å². The number of likely N-dealkylation sites (tertiary alicyclic amines) is 1. The molecule has 1 aliphatic carbocycles. The topological polar surface area (TPSA) is 54.4 Å². The maximum absolute atomic E-state index is 15.2. The van der Waals surface area contributed by atoms with Crippen LogP contribution in [0.25, 0.3) is 0 Å². The summed E-state index contributed by atoms with van der Waals surface area (Å²) in [6.07, 6.45) is 4.63. The summed E-state index contributed by atoms with van der Waals surface area (Å²) in [7, 11) is 5.42. The standard InChI is InChI=1S/C33H41FN2O4/c1-5-36(21-22-6-11-31(29(34)16-22)40-27-12-14-35(2)15-13-27)30-20-33(39-4)32(38-3)19-28(30)25-8-7-24-18-26(37)10-9-23(24)17-25/h6,9-11,16,18-20,25,27,37H,5,7-8,12-15,17,21H2,1-4H3. The Morgan fingerprint density at radius 1 is 0.925 bits per heavy atom. The number of rotatable bonds is 9. The van der Waals surface area contributed by atoms with Crippen LogP contribution < -0.4 is 19.1 Å². The van der Waals surface area contributed by atoms with Gasteiger partial charge in [-0.05, 0) is 105 Å². The van der Waals surface area contributed by atoms with Crippen LogP contribution in [0.5, 0.6) is 23.0 Å². The summed E-state index contributed by atoms with van der Waals surface area (Å²) in [6.45, 7) is 5.36. The number of phenolic OH excluding ortho intramolecular Hbond substituents is 1. The third kappa shape index (κ3) is 6.15. The predicted molar refractivity (Wildman–Crippen MR) is 157 cm³/mol. The molecule has 0 spiro atoms. The average molecular weight is 549 g/mol. The number of phenols is 1. The first-order valence-corrected chi connectivity index (χ1v) is 14.3. The fourth-order valence-electron chi connectivity index (χ4n) is 6.10. The number of fused-ring (bicyclic) bond motifs is 1. The monoisotopic (exact) mass is 548 g/mol. The smallest absolute Gasteiger partial charge is 0.165 e. The molecule has 1 N–H and O–H groups in total. The Bertz CT molecular complexity index is 1320. The molecule has 1 unspecified atom stereocenters. The van der Waals surface area contributed by atoms with Gasteiger partial charge in [-0.15, -0.1) is 0 Å². The molecule has 5 rings (SSSR count). The molecule has 214 valence electrons. The highest BCUT2D eigenvalue weighted by molar-refractivity contribution is 5.64. The number of piperidine rings is 1. The molecule has 0 bridgehead atoms. The Labute approximate surface area is 237 Å². The predicted octanol–water partition coefficient (Wildman–Crippen LogP) is 6.32. The van der Waals surface area contributed by atoms with E-state index in [1.165, 1.54) is 16.7 Å². The molecular formula is C33H41FN2O4. The van der Waals surface area contributed by atoms with E-state index in [-0.39, 0.29) is 17.8 Å². The average Bonchev–Trinajstić information content (AvgIpc) is 2.97. The lowest BCUT2D eigenvalue weighted by atomic mass is 9.79. The molecule has 1 atom stereocenters. The van der Waals surface area contributed by atoms with Crippen molar-refractivity contribution in [1.82, 2.24) is 4.90 Å². The van der Waals surface area contributed by atoms with Crippen molar-refractivity contribution in [3.8, 4) is 23.0 Å². The molecule has 2 aliphatic rings. The van der Waals surface area contributed by atoms with Gasteiger partial charge >= 0.3 is 0 Å². The van der Waals surface area contributed by atoms with Crippen molar-refractivity contribution in [2.75, 3.05) is 45.8 Å². The van der Waals surface area contributed by atoms with Gasteiger partial charge in [0.05, 0.1) is 14.2 Å². The first kappa shape index (κ1) is 28.1. The van der Waals surface area contributed by atoms with Crippen LogP contribution in [-0.2, 0) is 19.4 Å². The summed E-state index contributed by atoms with van der Waals surface area (Å²) in [5.74, 6) is 2.00. The molecule has 0 amide bonds. The van der Waals surface area contributed by atoms with Crippen LogP contribution in [0.3, 0.4) is 0 Å². The lowest BCUT2D eigenvalue weighted by Crippen LogP contribution is -2.35. The van der Waals surface area contributed by atoms with Gasteiger partial charge in [-0.2, -0.15) is 0 Å². The molecule has 1 fully saturated rings. The second kappa shape index (κ2) is 12.4. The maximum atomic E-state index is 15.2. The maximum Gasteiger partial charge on any atom is 0.165 e. The van der Waals surface area contributed by atoms with Gasteiger partial charge in [0.1, 0.15) is 11.9 Å². The summed E-state index contributed by atoms with van der Waals surface area (Å²) in [6, 6.07) is 15.2. The Balaban J connectivity index is 1.40. The van der Waals surface area contributed by atoms with E-state index in [0.717, 1.165) is 63.0 Å². The van der Waals surface area contributed by atoms with Crippen LogP contribution in [-0.4, -0.2) is 57.0 Å². The van der Waals surface area contributed by atoms with Crippen LogP contribution in [0.15, 0.2) is 48.5 Å². The van der Waals surface area contributed by atoms with Gasteiger partial charge in [0.2, 0.25) is 0 Å². The van der Waals surface area contributed by atoms with E-state index in [1.54, 1.807) is 32.4 Å². The molecular weight excluding hydrogens is 507 g/mol. The molecule has 0 radical (unpaired) electrons. The Morgan fingerprint density at radius 2 is 1.68 bits per heavy atom. The van der Waals surface area contributed by atoms with E-state index < -0.39 is 0 Å². The van der Waals surface area contributed by atoms with Gasteiger partial charge in [0.15, 0.2) is 23.1 Å². The molecule has 3 aromatic carbocycles. The van der Waals surface area contributed by atoms with Crippen molar-refractivity contribution in [2.45, 2.75) is 57.6 Å². The number of anilines is 1. The lowest BCUT2D eigenvalue weighted by Gasteiger charge is -2.32. The highest BCUT2D eigenvalue weighted by Gasteiger charge is 2.27. The Kier molecular flexibility index (Phi) is 8.69. The van der Waals surface area contributed by atoms with Gasteiger partial charge in [0, 0.05) is 37.9 Å². The zero-order valence-electron chi connectivity index (χ0n) is 24.1. The Morgan fingerprint density at radius 3 is 2.38 bits per heavy atom. The Hall–Kier alpha value is -3.45. The fourth-order valence-corrected chi connectivity index (χ4v) is 6.10. The number of halogens is 1. The van der Waals surface area contributed by atoms with E-state index in [1.807, 2.05) is 18.2 Å². The molecule has 1 aliphatic heterocycles. The van der Waals surface area contributed by atoms with Crippen molar-refractivity contribution in [3.05, 3.63) is 76.6 Å². The van der Waals surface area contributed by atoms with Crippen LogP contribution in [0.2, 0.25) is 0 Å². The molecule has 40 heavy (non-hydrogen) atoms. The molecule has 1 saturated heterocycles. The van der Waals surface area contributed by atoms with Crippen LogP contribution in [0.4, 0.5) is 10.1 Å². The van der Waals surface area contributed by atoms with Crippen molar-refractivity contribution >= 4 is 5.69 Å². The summed E-state index contributed by atoms with van der Waals surface area (Å²) in [5.41, 5.74) is 5.63. The highest BCUT2D eigenvalue weighted by atomic mass is 19.1. The normalized spacial score (nSPS) is 17.8. The molecule has 7 heteroatoms. The largest absolute Gasteiger partial charge is 0.508 e. The second-order valence-corrected chi connectivity index (χ2v) is 11.1. The summed E-state index contributed by atoms with van der Waals surface area (Å²) in [4.78, 5) is 4.55.